The van der Waals surface area contributed by atoms with Crippen LogP contribution in [0.5, 0.6) is 0 Å². The Morgan fingerprint density at radius 3 is 2.94 bits per heavy atom. The van der Waals surface area contributed by atoms with Crippen LogP contribution in [0.25, 0.3) is 22.9 Å². The van der Waals surface area contributed by atoms with Gasteiger partial charge in [0.2, 0.25) is 17.6 Å². The second-order valence-electron chi connectivity index (χ2n) is 7.05. The molecule has 3 aromatic heterocycles. The van der Waals surface area contributed by atoms with Gasteiger partial charge in [-0.05, 0) is 31.0 Å². The summed E-state index contributed by atoms with van der Waals surface area (Å²) in [5, 5.41) is 17.4. The fraction of sp³-hybridized carbons (Fsp3) is 0.300. The Morgan fingerprint density at radius 2 is 2.13 bits per heavy atom. The van der Waals surface area contributed by atoms with Gasteiger partial charge in [0.1, 0.15) is 12.1 Å². The number of rotatable bonds is 9. The Kier molecular flexibility index (Phi) is 6.11. The Morgan fingerprint density at radius 1 is 1.23 bits per heavy atom. The van der Waals surface area contributed by atoms with Crippen LogP contribution in [0.1, 0.15) is 24.4 Å². The minimum absolute atomic E-state index is 0.00974. The van der Waals surface area contributed by atoms with Crippen molar-refractivity contribution in [3.05, 3.63) is 54.1 Å². The molecule has 0 atom stereocenters. The average molecular weight is 424 g/mol. The van der Waals surface area contributed by atoms with Crippen LogP contribution >= 0.6 is 0 Å². The second-order valence-corrected chi connectivity index (χ2v) is 7.05. The summed E-state index contributed by atoms with van der Waals surface area (Å²) in [4.78, 5) is 22.2. The Hall–Kier alpha value is -3.89. The minimum Gasteiger partial charge on any atom is -0.346 e. The second kappa shape index (κ2) is 9.28. The number of carbonyl (C=O) groups excluding carboxylic acids is 1. The van der Waals surface area contributed by atoms with Crippen molar-refractivity contribution in [1.82, 2.24) is 40.4 Å². The normalized spacial score (nSPS) is 11.0. The number of hydrogen-bond donors (Lipinski definition) is 2. The quantitative estimate of drug-likeness (QED) is 0.422. The molecule has 0 unspecified atom stereocenters. The van der Waals surface area contributed by atoms with E-state index in [9.17, 15) is 9.18 Å². The predicted octanol–water partition coefficient (Wildman–Crippen LogP) is 2.41. The van der Waals surface area contributed by atoms with Crippen LogP contribution in [-0.2, 0) is 17.6 Å². The summed E-state index contributed by atoms with van der Waals surface area (Å²) in [5.41, 5.74) is 2.36. The number of aromatic amines is 2. The van der Waals surface area contributed by atoms with Gasteiger partial charge in [0.05, 0.1) is 5.69 Å². The van der Waals surface area contributed by atoms with Crippen LogP contribution in [0.2, 0.25) is 0 Å². The summed E-state index contributed by atoms with van der Waals surface area (Å²) < 4.78 is 18.5. The fourth-order valence-corrected chi connectivity index (χ4v) is 3.09. The van der Waals surface area contributed by atoms with Crippen molar-refractivity contribution in [2.75, 3.05) is 13.6 Å². The van der Waals surface area contributed by atoms with Gasteiger partial charge in [-0.25, -0.2) is 9.37 Å². The molecule has 0 spiro atoms. The third-order valence-corrected chi connectivity index (χ3v) is 4.76. The van der Waals surface area contributed by atoms with Gasteiger partial charge in [0.15, 0.2) is 5.82 Å². The zero-order valence-corrected chi connectivity index (χ0v) is 16.9. The molecule has 3 heterocycles. The molecule has 0 aliphatic carbocycles. The number of aromatic nitrogens is 7. The molecule has 11 heteroatoms. The van der Waals surface area contributed by atoms with Crippen LogP contribution in [0, 0.1) is 5.82 Å². The van der Waals surface area contributed by atoms with E-state index < -0.39 is 0 Å². The largest absolute Gasteiger partial charge is 0.346 e. The standard InChI is InChI=1S/C20H21FN8O2/c1-29(18(30)8-7-17-24-20(28-31-17)19-22-12-23-27-19)9-3-6-15-11-16(26-25-15)13-4-2-5-14(21)10-13/h2,4-5,10-12H,3,6-9H2,1H3,(H,25,26)(H,22,23,27). The summed E-state index contributed by atoms with van der Waals surface area (Å²) in [5.74, 6) is 0.792. The lowest BCUT2D eigenvalue weighted by Crippen LogP contribution is -2.28. The molecule has 10 nitrogen and oxygen atoms in total. The summed E-state index contributed by atoms with van der Waals surface area (Å²) >= 11 is 0. The third-order valence-electron chi connectivity index (χ3n) is 4.76. The number of nitrogens with one attached hydrogen (secondary N) is 2. The van der Waals surface area contributed by atoms with Gasteiger partial charge in [-0.2, -0.15) is 15.2 Å². The third kappa shape index (κ3) is 5.18. The molecular formula is C20H21FN8O2. The summed E-state index contributed by atoms with van der Waals surface area (Å²) in [7, 11) is 1.77. The van der Waals surface area contributed by atoms with E-state index in [1.54, 1.807) is 18.0 Å². The average Bonchev–Trinajstić information content (AvgIpc) is 3.53. The van der Waals surface area contributed by atoms with E-state index in [0.29, 0.717) is 36.2 Å². The van der Waals surface area contributed by atoms with Crippen molar-refractivity contribution in [3.63, 3.8) is 0 Å². The smallest absolute Gasteiger partial charge is 0.239 e. The molecule has 0 saturated heterocycles. The van der Waals surface area contributed by atoms with E-state index in [-0.39, 0.29) is 18.1 Å². The van der Waals surface area contributed by atoms with Crippen molar-refractivity contribution >= 4 is 5.91 Å². The molecule has 4 aromatic rings. The van der Waals surface area contributed by atoms with E-state index in [1.807, 2.05) is 12.1 Å². The highest BCUT2D eigenvalue weighted by Gasteiger charge is 2.14. The Bertz CT molecular complexity index is 1140. The van der Waals surface area contributed by atoms with Gasteiger partial charge in [-0.3, -0.25) is 15.0 Å². The highest BCUT2D eigenvalue weighted by molar-refractivity contribution is 5.76. The van der Waals surface area contributed by atoms with E-state index >= 15 is 0 Å². The Labute approximate surface area is 176 Å². The zero-order valence-electron chi connectivity index (χ0n) is 16.9. The number of aryl methyl sites for hydroxylation is 2. The summed E-state index contributed by atoms with van der Waals surface area (Å²) in [6, 6.07) is 8.22. The monoisotopic (exact) mass is 424 g/mol. The molecule has 0 bridgehead atoms. The summed E-state index contributed by atoms with van der Waals surface area (Å²) in [6.07, 6.45) is 3.47. The van der Waals surface area contributed by atoms with Crippen molar-refractivity contribution in [2.45, 2.75) is 25.7 Å². The number of halogens is 1. The molecule has 1 aromatic carbocycles. The highest BCUT2D eigenvalue weighted by Crippen LogP contribution is 2.19. The van der Waals surface area contributed by atoms with E-state index in [0.717, 1.165) is 24.1 Å². The number of nitrogens with zero attached hydrogens (tertiary/aromatic N) is 6. The molecule has 0 aliphatic rings. The predicted molar refractivity (Wildman–Crippen MR) is 108 cm³/mol. The lowest BCUT2D eigenvalue weighted by Gasteiger charge is -2.16. The lowest BCUT2D eigenvalue weighted by molar-refractivity contribution is -0.130. The fourth-order valence-electron chi connectivity index (χ4n) is 3.09. The first-order valence-electron chi connectivity index (χ1n) is 9.81. The first kappa shape index (κ1) is 20.4. The van der Waals surface area contributed by atoms with Crippen molar-refractivity contribution in [3.8, 4) is 22.9 Å². The van der Waals surface area contributed by atoms with Gasteiger partial charge < -0.3 is 9.42 Å². The van der Waals surface area contributed by atoms with Gasteiger partial charge in [-0.15, -0.1) is 0 Å². The van der Waals surface area contributed by atoms with E-state index in [2.05, 4.69) is 35.5 Å². The SMILES string of the molecule is CN(CCCc1cc(-c2cccc(F)c2)n[nH]1)C(=O)CCc1nc(-c2ncn[nH]2)no1. The molecule has 160 valence electrons. The number of benzene rings is 1. The summed E-state index contributed by atoms with van der Waals surface area (Å²) in [6.45, 7) is 0.598. The minimum atomic E-state index is -0.295. The Balaban J connectivity index is 1.21. The number of amides is 1. The topological polar surface area (TPSA) is 129 Å². The van der Waals surface area contributed by atoms with Crippen LogP contribution < -0.4 is 0 Å². The molecule has 0 aliphatic heterocycles. The molecular weight excluding hydrogens is 403 g/mol. The van der Waals surface area contributed by atoms with Gasteiger partial charge >= 0.3 is 0 Å². The van der Waals surface area contributed by atoms with Crippen LogP contribution in [0.4, 0.5) is 4.39 Å². The maximum atomic E-state index is 13.4. The first-order chi connectivity index (χ1) is 15.1. The number of hydrogen-bond acceptors (Lipinski definition) is 7. The molecule has 31 heavy (non-hydrogen) atoms. The van der Waals surface area contributed by atoms with Crippen LogP contribution in [-0.4, -0.2) is 59.9 Å². The molecule has 1 amide bonds. The number of H-pyrrole nitrogens is 2. The number of carbonyl (C=O) groups is 1. The molecule has 0 saturated carbocycles. The molecule has 2 N–H and O–H groups in total. The maximum absolute atomic E-state index is 13.4. The van der Waals surface area contributed by atoms with Crippen molar-refractivity contribution in [2.24, 2.45) is 0 Å². The molecule has 0 radical (unpaired) electrons. The van der Waals surface area contributed by atoms with Crippen LogP contribution in [0.15, 0.2) is 41.2 Å². The van der Waals surface area contributed by atoms with Crippen LogP contribution in [0.3, 0.4) is 0 Å². The van der Waals surface area contributed by atoms with Gasteiger partial charge in [-0.1, -0.05) is 17.3 Å². The molecule has 4 rings (SSSR count). The van der Waals surface area contributed by atoms with Gasteiger partial charge in [0, 0.05) is 37.7 Å². The van der Waals surface area contributed by atoms with Crippen molar-refractivity contribution in [1.29, 1.82) is 0 Å². The van der Waals surface area contributed by atoms with Crippen molar-refractivity contribution < 1.29 is 13.7 Å². The highest BCUT2D eigenvalue weighted by atomic mass is 19.1. The molecule has 0 fully saturated rings. The van der Waals surface area contributed by atoms with E-state index in [1.165, 1.54) is 18.5 Å². The van der Waals surface area contributed by atoms with Gasteiger partial charge in [0.25, 0.3) is 0 Å². The zero-order chi connectivity index (χ0) is 21.6. The maximum Gasteiger partial charge on any atom is 0.239 e. The lowest BCUT2D eigenvalue weighted by atomic mass is 10.1. The van der Waals surface area contributed by atoms with E-state index in [4.69, 9.17) is 4.52 Å². The first-order valence-corrected chi connectivity index (χ1v) is 9.81.